The number of amides is 2. The Morgan fingerprint density at radius 1 is 1.22 bits per heavy atom. The number of benzene rings is 1. The molecule has 1 fully saturated rings. The number of aryl methyl sites for hydroxylation is 1. The van der Waals surface area contributed by atoms with E-state index in [0.29, 0.717) is 0 Å². The van der Waals surface area contributed by atoms with Gasteiger partial charge in [0.05, 0.1) is 13.2 Å². The van der Waals surface area contributed by atoms with Crippen molar-refractivity contribution in [1.82, 2.24) is 20.0 Å². The van der Waals surface area contributed by atoms with Crippen LogP contribution in [0.3, 0.4) is 0 Å². The minimum Gasteiger partial charge on any atom is -0.461 e. The highest BCUT2D eigenvalue weighted by Crippen LogP contribution is 2.30. The minimum absolute atomic E-state index is 0.0749. The van der Waals surface area contributed by atoms with Crippen LogP contribution in [-0.2, 0) is 22.6 Å². The van der Waals surface area contributed by atoms with Gasteiger partial charge in [-0.25, -0.2) is 4.79 Å². The van der Waals surface area contributed by atoms with E-state index >= 15 is 0 Å². The van der Waals surface area contributed by atoms with Crippen LogP contribution in [-0.4, -0.2) is 50.7 Å². The van der Waals surface area contributed by atoms with Gasteiger partial charge in [-0.3, -0.25) is 14.3 Å². The van der Waals surface area contributed by atoms with Crippen LogP contribution in [0.1, 0.15) is 71.6 Å². The van der Waals surface area contributed by atoms with Gasteiger partial charge in [-0.15, -0.1) is 0 Å². The van der Waals surface area contributed by atoms with Crippen molar-refractivity contribution in [2.45, 2.75) is 71.1 Å². The first-order valence-electron chi connectivity index (χ1n) is 11.3. The average Bonchev–Trinajstić information content (AvgIpc) is 3.42. The molecule has 1 atom stereocenters. The van der Waals surface area contributed by atoms with Gasteiger partial charge in [0, 0.05) is 18.7 Å². The van der Waals surface area contributed by atoms with Gasteiger partial charge in [0.1, 0.15) is 11.2 Å². The Morgan fingerprint density at radius 2 is 1.91 bits per heavy atom. The number of esters is 1. The zero-order valence-corrected chi connectivity index (χ0v) is 18.9. The van der Waals surface area contributed by atoms with Gasteiger partial charge >= 0.3 is 5.97 Å². The lowest BCUT2D eigenvalue weighted by Gasteiger charge is -2.43. The molecule has 4 rings (SSSR count). The molecule has 2 amide bonds. The fourth-order valence-electron chi connectivity index (χ4n) is 4.48. The smallest absolute Gasteiger partial charge is 0.358 e. The quantitative estimate of drug-likeness (QED) is 0.700. The molecule has 0 spiro atoms. The van der Waals surface area contributed by atoms with Gasteiger partial charge in [-0.1, -0.05) is 42.7 Å². The second-order valence-corrected chi connectivity index (χ2v) is 8.90. The third-order valence-electron chi connectivity index (χ3n) is 6.42. The van der Waals surface area contributed by atoms with E-state index in [9.17, 15) is 14.4 Å². The highest BCUT2D eigenvalue weighted by atomic mass is 16.5. The van der Waals surface area contributed by atoms with E-state index < -0.39 is 11.5 Å². The number of ether oxygens (including phenoxy) is 1. The molecule has 1 aromatic heterocycles. The standard InChI is InChI=1S/C24H30N4O4/c1-4-32-22(30)19-13-20-21(29)27(14-17-11-9-16(2)10-12-17)24(3,15-28(20)26-19)23(31)25-18-7-5-6-8-18/h9-13,18H,4-8,14-15H2,1-3H3,(H,25,31). The van der Waals surface area contributed by atoms with Crippen LogP contribution in [0.5, 0.6) is 0 Å². The average molecular weight is 439 g/mol. The fraction of sp³-hybridized carbons (Fsp3) is 0.500. The summed E-state index contributed by atoms with van der Waals surface area (Å²) in [7, 11) is 0. The second-order valence-electron chi connectivity index (χ2n) is 8.90. The molecule has 0 radical (unpaired) electrons. The lowest BCUT2D eigenvalue weighted by atomic mass is 9.93. The minimum atomic E-state index is -1.14. The highest BCUT2D eigenvalue weighted by Gasteiger charge is 2.48. The fourth-order valence-corrected chi connectivity index (χ4v) is 4.48. The van der Waals surface area contributed by atoms with E-state index in [1.54, 1.807) is 18.7 Å². The summed E-state index contributed by atoms with van der Waals surface area (Å²) >= 11 is 0. The van der Waals surface area contributed by atoms with Gasteiger partial charge in [0.25, 0.3) is 5.91 Å². The first-order chi connectivity index (χ1) is 15.3. The zero-order valence-electron chi connectivity index (χ0n) is 18.9. The predicted octanol–water partition coefficient (Wildman–Crippen LogP) is 2.84. The molecule has 32 heavy (non-hydrogen) atoms. The summed E-state index contributed by atoms with van der Waals surface area (Å²) in [5.41, 5.74) is 1.27. The number of carbonyl (C=O) groups excluding carboxylic acids is 3. The zero-order chi connectivity index (χ0) is 22.9. The second kappa shape index (κ2) is 8.76. The number of nitrogens with zero attached hydrogens (tertiary/aromatic N) is 3. The first kappa shape index (κ1) is 22.0. The Labute approximate surface area is 187 Å². The van der Waals surface area contributed by atoms with Gasteiger partial charge < -0.3 is 15.0 Å². The van der Waals surface area contributed by atoms with Crippen molar-refractivity contribution >= 4 is 17.8 Å². The maximum absolute atomic E-state index is 13.6. The molecule has 1 aliphatic carbocycles. The van der Waals surface area contributed by atoms with Crippen molar-refractivity contribution < 1.29 is 19.1 Å². The molecule has 1 unspecified atom stereocenters. The van der Waals surface area contributed by atoms with E-state index in [0.717, 1.165) is 36.8 Å². The van der Waals surface area contributed by atoms with Gasteiger partial charge in [-0.05, 0) is 39.2 Å². The van der Waals surface area contributed by atoms with Gasteiger partial charge in [0.15, 0.2) is 5.69 Å². The summed E-state index contributed by atoms with van der Waals surface area (Å²) in [5.74, 6) is -1.10. The Hall–Kier alpha value is -3.16. The normalized spacial score (nSPS) is 20.8. The lowest BCUT2D eigenvalue weighted by Crippen LogP contribution is -2.64. The summed E-state index contributed by atoms with van der Waals surface area (Å²) in [6.07, 6.45) is 4.10. The van der Waals surface area contributed by atoms with Gasteiger partial charge in [0.2, 0.25) is 5.91 Å². The summed E-state index contributed by atoms with van der Waals surface area (Å²) in [6.45, 7) is 6.16. The Kier molecular flexibility index (Phi) is 6.04. The van der Waals surface area contributed by atoms with Crippen LogP contribution >= 0.6 is 0 Å². The highest BCUT2D eigenvalue weighted by molar-refractivity contribution is 6.01. The number of rotatable bonds is 6. The number of fused-ring (bicyclic) bond motifs is 1. The molecule has 8 nitrogen and oxygen atoms in total. The molecule has 2 heterocycles. The first-order valence-corrected chi connectivity index (χ1v) is 11.3. The van der Waals surface area contributed by atoms with Crippen molar-refractivity contribution in [1.29, 1.82) is 0 Å². The van der Waals surface area contributed by atoms with Crippen LogP contribution < -0.4 is 5.32 Å². The van der Waals surface area contributed by atoms with Crippen molar-refractivity contribution in [3.8, 4) is 0 Å². The molecule has 1 saturated carbocycles. The molecule has 0 saturated heterocycles. The number of carbonyl (C=O) groups is 3. The SMILES string of the molecule is CCOC(=O)c1cc2n(n1)CC(C)(C(=O)NC1CCCC1)N(Cc1ccc(C)cc1)C2=O. The van der Waals surface area contributed by atoms with Crippen molar-refractivity contribution in [2.24, 2.45) is 0 Å². The van der Waals surface area contributed by atoms with E-state index in [1.165, 1.54) is 10.7 Å². The molecule has 1 aromatic carbocycles. The predicted molar refractivity (Wildman–Crippen MR) is 118 cm³/mol. The van der Waals surface area contributed by atoms with Crippen molar-refractivity contribution in [3.05, 3.63) is 52.8 Å². The van der Waals surface area contributed by atoms with Crippen molar-refractivity contribution in [2.75, 3.05) is 6.61 Å². The third-order valence-corrected chi connectivity index (χ3v) is 6.42. The maximum atomic E-state index is 13.6. The van der Waals surface area contributed by atoms with Gasteiger partial charge in [-0.2, -0.15) is 5.10 Å². The van der Waals surface area contributed by atoms with Crippen LogP contribution in [0.4, 0.5) is 0 Å². The van der Waals surface area contributed by atoms with E-state index in [4.69, 9.17) is 4.74 Å². The lowest BCUT2D eigenvalue weighted by molar-refractivity contribution is -0.134. The third kappa shape index (κ3) is 4.13. The van der Waals surface area contributed by atoms with E-state index in [-0.39, 0.29) is 48.9 Å². The largest absolute Gasteiger partial charge is 0.461 e. The molecule has 170 valence electrons. The Morgan fingerprint density at radius 3 is 2.56 bits per heavy atom. The van der Waals surface area contributed by atoms with Crippen LogP contribution in [0.15, 0.2) is 30.3 Å². The molecular weight excluding hydrogens is 408 g/mol. The maximum Gasteiger partial charge on any atom is 0.358 e. The monoisotopic (exact) mass is 438 g/mol. The molecule has 2 aromatic rings. The molecule has 8 heteroatoms. The Bertz CT molecular complexity index is 1020. The number of hydrogen-bond acceptors (Lipinski definition) is 5. The molecule has 2 aliphatic rings. The molecule has 1 aliphatic heterocycles. The summed E-state index contributed by atoms with van der Waals surface area (Å²) in [4.78, 5) is 40.9. The Balaban J connectivity index is 1.69. The topological polar surface area (TPSA) is 93.5 Å². The number of hydrogen-bond donors (Lipinski definition) is 1. The number of aromatic nitrogens is 2. The summed E-state index contributed by atoms with van der Waals surface area (Å²) < 4.78 is 6.51. The van der Waals surface area contributed by atoms with E-state index in [2.05, 4.69) is 10.4 Å². The summed E-state index contributed by atoms with van der Waals surface area (Å²) in [5, 5.41) is 7.45. The van der Waals surface area contributed by atoms with Crippen LogP contribution in [0.25, 0.3) is 0 Å². The van der Waals surface area contributed by atoms with Crippen LogP contribution in [0, 0.1) is 6.92 Å². The number of nitrogens with one attached hydrogen (secondary N) is 1. The molecular formula is C24H30N4O4. The van der Waals surface area contributed by atoms with Crippen LogP contribution in [0.2, 0.25) is 0 Å². The molecule has 0 bridgehead atoms. The van der Waals surface area contributed by atoms with E-state index in [1.807, 2.05) is 31.2 Å². The van der Waals surface area contributed by atoms with Crippen molar-refractivity contribution in [3.63, 3.8) is 0 Å². The molecule has 1 N–H and O–H groups in total. The summed E-state index contributed by atoms with van der Waals surface area (Å²) in [6, 6.07) is 9.49.